The number of rotatable bonds is 2. The van der Waals surface area contributed by atoms with E-state index in [0.717, 1.165) is 18.8 Å². The standard InChI is InChI=1S/C11H17N3O2/c1-7-9(16-2)11(15)14-10(13-7)8-5-3-4-6-12-8/h8,12H,3-6H2,1-2H3,(H,13,14,15). The minimum atomic E-state index is -0.197. The molecule has 1 saturated heterocycles. The summed E-state index contributed by atoms with van der Waals surface area (Å²) >= 11 is 0. The molecule has 16 heavy (non-hydrogen) atoms. The van der Waals surface area contributed by atoms with E-state index < -0.39 is 0 Å². The van der Waals surface area contributed by atoms with Crippen molar-refractivity contribution in [3.05, 3.63) is 21.9 Å². The zero-order valence-electron chi connectivity index (χ0n) is 9.67. The van der Waals surface area contributed by atoms with Crippen LogP contribution in [0.2, 0.25) is 0 Å². The number of aromatic amines is 1. The average Bonchev–Trinajstić information content (AvgIpc) is 2.30. The van der Waals surface area contributed by atoms with Crippen LogP contribution >= 0.6 is 0 Å². The van der Waals surface area contributed by atoms with Gasteiger partial charge in [-0.05, 0) is 26.3 Å². The Kier molecular flexibility index (Phi) is 3.24. The Morgan fingerprint density at radius 1 is 1.44 bits per heavy atom. The van der Waals surface area contributed by atoms with Gasteiger partial charge in [0.15, 0.2) is 0 Å². The van der Waals surface area contributed by atoms with Gasteiger partial charge >= 0.3 is 0 Å². The van der Waals surface area contributed by atoms with Crippen molar-refractivity contribution >= 4 is 0 Å². The van der Waals surface area contributed by atoms with Crippen LogP contribution in [0.5, 0.6) is 5.75 Å². The predicted octanol–water partition coefficient (Wildman–Crippen LogP) is 0.902. The molecule has 1 aliphatic heterocycles. The molecule has 1 aliphatic rings. The van der Waals surface area contributed by atoms with Gasteiger partial charge in [0.25, 0.3) is 5.56 Å². The van der Waals surface area contributed by atoms with Crippen molar-refractivity contribution in [1.82, 2.24) is 15.3 Å². The molecule has 1 aromatic rings. The first kappa shape index (κ1) is 11.1. The van der Waals surface area contributed by atoms with Gasteiger partial charge in [0, 0.05) is 0 Å². The van der Waals surface area contributed by atoms with Crippen LogP contribution in [0.3, 0.4) is 0 Å². The molecule has 2 rings (SSSR count). The van der Waals surface area contributed by atoms with E-state index in [4.69, 9.17) is 4.74 Å². The van der Waals surface area contributed by atoms with Gasteiger partial charge < -0.3 is 15.0 Å². The van der Waals surface area contributed by atoms with Gasteiger partial charge in [0.1, 0.15) is 5.82 Å². The van der Waals surface area contributed by atoms with Crippen molar-refractivity contribution < 1.29 is 4.74 Å². The summed E-state index contributed by atoms with van der Waals surface area (Å²) in [5, 5.41) is 3.35. The molecule has 1 aromatic heterocycles. The summed E-state index contributed by atoms with van der Waals surface area (Å²) in [5.74, 6) is 1.03. The second-order valence-electron chi connectivity index (χ2n) is 4.07. The van der Waals surface area contributed by atoms with Gasteiger partial charge in [-0.2, -0.15) is 0 Å². The van der Waals surface area contributed by atoms with Crippen molar-refractivity contribution in [2.24, 2.45) is 0 Å². The number of methoxy groups -OCH3 is 1. The van der Waals surface area contributed by atoms with E-state index >= 15 is 0 Å². The molecule has 0 aromatic carbocycles. The molecule has 5 heteroatoms. The minimum absolute atomic E-state index is 0.172. The second kappa shape index (κ2) is 4.65. The number of piperidine rings is 1. The Balaban J connectivity index is 2.31. The molecule has 2 N–H and O–H groups in total. The summed E-state index contributed by atoms with van der Waals surface area (Å²) in [5.41, 5.74) is 0.450. The van der Waals surface area contributed by atoms with Gasteiger partial charge in [-0.3, -0.25) is 4.79 Å². The molecule has 0 radical (unpaired) electrons. The van der Waals surface area contributed by atoms with E-state index in [-0.39, 0.29) is 11.6 Å². The van der Waals surface area contributed by atoms with Crippen molar-refractivity contribution in [3.8, 4) is 5.75 Å². The highest BCUT2D eigenvalue weighted by atomic mass is 16.5. The first-order chi connectivity index (χ1) is 7.72. The third-order valence-corrected chi connectivity index (χ3v) is 2.91. The lowest BCUT2D eigenvalue weighted by molar-refractivity contribution is 0.381. The van der Waals surface area contributed by atoms with Gasteiger partial charge in [-0.1, -0.05) is 6.42 Å². The maximum atomic E-state index is 11.7. The third-order valence-electron chi connectivity index (χ3n) is 2.91. The monoisotopic (exact) mass is 223 g/mol. The first-order valence-electron chi connectivity index (χ1n) is 5.60. The third kappa shape index (κ3) is 2.09. The van der Waals surface area contributed by atoms with Gasteiger partial charge in [0.2, 0.25) is 5.75 Å². The topological polar surface area (TPSA) is 67.0 Å². The number of H-pyrrole nitrogens is 1. The highest BCUT2D eigenvalue weighted by molar-refractivity contribution is 5.24. The first-order valence-corrected chi connectivity index (χ1v) is 5.60. The summed E-state index contributed by atoms with van der Waals surface area (Å²) in [6.45, 7) is 2.78. The minimum Gasteiger partial charge on any atom is -0.490 e. The van der Waals surface area contributed by atoms with E-state index in [1.165, 1.54) is 20.0 Å². The summed E-state index contributed by atoms with van der Waals surface area (Å²) in [6, 6.07) is 0.172. The molecule has 0 bridgehead atoms. The lowest BCUT2D eigenvalue weighted by Gasteiger charge is -2.22. The van der Waals surface area contributed by atoms with Crippen molar-refractivity contribution in [1.29, 1.82) is 0 Å². The molecule has 88 valence electrons. The molecule has 0 spiro atoms. The quantitative estimate of drug-likeness (QED) is 0.781. The van der Waals surface area contributed by atoms with E-state index in [1.807, 2.05) is 0 Å². The molecule has 0 saturated carbocycles. The Morgan fingerprint density at radius 2 is 2.25 bits per heavy atom. The Bertz CT molecular complexity index is 422. The number of nitrogens with one attached hydrogen (secondary N) is 2. The Labute approximate surface area is 94.2 Å². The zero-order valence-corrected chi connectivity index (χ0v) is 9.67. The van der Waals surface area contributed by atoms with Gasteiger partial charge in [0.05, 0.1) is 18.8 Å². The lowest BCUT2D eigenvalue weighted by atomic mass is 10.0. The summed E-state index contributed by atoms with van der Waals surface area (Å²) in [4.78, 5) is 18.9. The van der Waals surface area contributed by atoms with E-state index in [0.29, 0.717) is 11.4 Å². The molecule has 0 amide bonds. The fourth-order valence-corrected chi connectivity index (χ4v) is 2.09. The molecular weight excluding hydrogens is 206 g/mol. The Hall–Kier alpha value is -1.36. The highest BCUT2D eigenvalue weighted by Gasteiger charge is 2.18. The van der Waals surface area contributed by atoms with E-state index in [2.05, 4.69) is 15.3 Å². The summed E-state index contributed by atoms with van der Waals surface area (Å²) < 4.78 is 4.99. The van der Waals surface area contributed by atoms with Gasteiger partial charge in [-0.25, -0.2) is 4.98 Å². The molecule has 1 unspecified atom stereocenters. The van der Waals surface area contributed by atoms with E-state index in [1.54, 1.807) is 6.92 Å². The number of aromatic nitrogens is 2. The maximum Gasteiger partial charge on any atom is 0.293 e. The fraction of sp³-hybridized carbons (Fsp3) is 0.636. The van der Waals surface area contributed by atoms with Crippen LogP contribution in [0, 0.1) is 6.92 Å². The second-order valence-corrected chi connectivity index (χ2v) is 4.07. The predicted molar refractivity (Wildman–Crippen MR) is 60.7 cm³/mol. The van der Waals surface area contributed by atoms with Crippen molar-refractivity contribution in [2.45, 2.75) is 32.2 Å². The van der Waals surface area contributed by atoms with Crippen LogP contribution in [0.4, 0.5) is 0 Å². The maximum absolute atomic E-state index is 11.7. The van der Waals surface area contributed by atoms with Crippen molar-refractivity contribution in [3.63, 3.8) is 0 Å². The Morgan fingerprint density at radius 3 is 2.81 bits per heavy atom. The van der Waals surface area contributed by atoms with Crippen LogP contribution in [-0.2, 0) is 0 Å². The molecule has 2 heterocycles. The largest absolute Gasteiger partial charge is 0.490 e. The highest BCUT2D eigenvalue weighted by Crippen LogP contribution is 2.20. The van der Waals surface area contributed by atoms with Crippen LogP contribution < -0.4 is 15.6 Å². The number of aryl methyl sites for hydroxylation is 1. The summed E-state index contributed by atoms with van der Waals surface area (Å²) in [7, 11) is 1.48. The SMILES string of the molecule is COc1c(C)nc(C2CCCCN2)[nH]c1=O. The number of hydrogen-bond donors (Lipinski definition) is 2. The van der Waals surface area contributed by atoms with Crippen LogP contribution in [0.25, 0.3) is 0 Å². The molecule has 5 nitrogen and oxygen atoms in total. The van der Waals surface area contributed by atoms with Crippen molar-refractivity contribution in [2.75, 3.05) is 13.7 Å². The van der Waals surface area contributed by atoms with Crippen LogP contribution in [0.15, 0.2) is 4.79 Å². The number of nitrogens with zero attached hydrogens (tertiary/aromatic N) is 1. The average molecular weight is 223 g/mol. The fourth-order valence-electron chi connectivity index (χ4n) is 2.09. The van der Waals surface area contributed by atoms with Crippen LogP contribution in [0.1, 0.15) is 36.8 Å². The van der Waals surface area contributed by atoms with Gasteiger partial charge in [-0.15, -0.1) is 0 Å². The molecule has 1 atom stereocenters. The van der Waals surface area contributed by atoms with Crippen LogP contribution in [-0.4, -0.2) is 23.6 Å². The van der Waals surface area contributed by atoms with E-state index in [9.17, 15) is 4.79 Å². The normalized spacial score (nSPS) is 20.8. The lowest BCUT2D eigenvalue weighted by Crippen LogP contribution is -2.30. The summed E-state index contributed by atoms with van der Waals surface area (Å²) in [6.07, 6.45) is 3.39. The zero-order chi connectivity index (χ0) is 11.5. The number of hydrogen-bond acceptors (Lipinski definition) is 4. The smallest absolute Gasteiger partial charge is 0.293 e. The molecule has 0 aliphatic carbocycles. The number of ether oxygens (including phenoxy) is 1. The molecular formula is C11H17N3O2. The molecule has 1 fully saturated rings.